The van der Waals surface area contributed by atoms with E-state index in [1.807, 2.05) is 79.9 Å². The van der Waals surface area contributed by atoms with Crippen LogP contribution in [0.2, 0.25) is 0 Å². The summed E-state index contributed by atoms with van der Waals surface area (Å²) in [7, 11) is 0. The van der Waals surface area contributed by atoms with Crippen LogP contribution in [0.25, 0.3) is 72.9 Å². The Kier molecular flexibility index (Phi) is 9.10. The van der Waals surface area contributed by atoms with Crippen molar-refractivity contribution in [2.45, 2.75) is 13.3 Å². The first-order valence-corrected chi connectivity index (χ1v) is 17.5. The molecule has 52 heavy (non-hydrogen) atoms. The molecule has 0 spiro atoms. The van der Waals surface area contributed by atoms with E-state index in [0.29, 0.717) is 17.5 Å². The van der Waals surface area contributed by atoms with E-state index in [4.69, 9.17) is 19.9 Å². The highest BCUT2D eigenvalue weighted by molar-refractivity contribution is 5.87. The number of fused-ring (bicyclic) bond motifs is 1. The molecule has 8 rings (SSSR count). The molecule has 0 aliphatic heterocycles. The van der Waals surface area contributed by atoms with Gasteiger partial charge in [0.15, 0.2) is 17.5 Å². The molecule has 248 valence electrons. The van der Waals surface area contributed by atoms with Crippen LogP contribution in [0.15, 0.2) is 194 Å². The van der Waals surface area contributed by atoms with Crippen molar-refractivity contribution in [1.29, 1.82) is 0 Å². The predicted octanol–water partition coefficient (Wildman–Crippen LogP) is 12.2. The fourth-order valence-corrected chi connectivity index (χ4v) is 6.36. The number of pyridine rings is 1. The minimum Gasteiger partial charge on any atom is -0.256 e. The highest BCUT2D eigenvalue weighted by Crippen LogP contribution is 2.34. The first-order valence-electron chi connectivity index (χ1n) is 17.5. The summed E-state index contributed by atoms with van der Waals surface area (Å²) in [5.74, 6) is 1.85. The van der Waals surface area contributed by atoms with Gasteiger partial charge in [0.25, 0.3) is 0 Å². The maximum Gasteiger partial charge on any atom is 0.164 e. The summed E-state index contributed by atoms with van der Waals surface area (Å²) in [4.78, 5) is 20.0. The smallest absolute Gasteiger partial charge is 0.164 e. The standard InChI is InChI=1S/C48H36N4/c1-33(2)38-19-7-3-4-8-20-39(27-38)34-23-25-35(26-24-34)42-28-43(45-31-40-21-13-14-22-41(40)32-49-45)30-44(29-42)48-51-46(36-15-9-5-10-16-36)50-47(52-48)37-17-11-6-12-18-37/h3-7,9-32H,1,8H2,2H3/b4-3+,19-7-,38-27-,39-20+. The summed E-state index contributed by atoms with van der Waals surface area (Å²) in [6, 6.07) is 45.9. The van der Waals surface area contributed by atoms with Crippen LogP contribution in [0.3, 0.4) is 0 Å². The molecule has 0 radical (unpaired) electrons. The first kappa shape index (κ1) is 32.4. The summed E-state index contributed by atoms with van der Waals surface area (Å²) < 4.78 is 0. The van der Waals surface area contributed by atoms with Crippen LogP contribution < -0.4 is 0 Å². The normalized spacial score (nSPS) is 16.0. The van der Waals surface area contributed by atoms with Gasteiger partial charge in [-0.25, -0.2) is 15.0 Å². The SMILES string of the molecule is C=C(C)C1=C\C(c2ccc(-c3cc(-c4cc5ccccc5cn4)cc(-c4nc(-c5ccccc5)nc(-c5ccccc5)n4)c3)cc2)=C/C/C=C/C=C\1. The monoisotopic (exact) mass is 668 g/mol. The van der Waals surface area contributed by atoms with Gasteiger partial charge in [-0.05, 0) is 76.9 Å². The van der Waals surface area contributed by atoms with E-state index in [0.717, 1.165) is 73.0 Å². The second-order valence-electron chi connectivity index (χ2n) is 12.9. The van der Waals surface area contributed by atoms with Crippen LogP contribution in [0, 0.1) is 0 Å². The Bertz CT molecular complexity index is 2480. The molecule has 5 aromatic carbocycles. The minimum atomic E-state index is 0.600. The largest absolute Gasteiger partial charge is 0.256 e. The molecule has 1 aliphatic rings. The highest BCUT2D eigenvalue weighted by atomic mass is 15.0. The van der Waals surface area contributed by atoms with E-state index in [1.165, 1.54) is 5.57 Å². The van der Waals surface area contributed by atoms with Crippen LogP contribution in [0.4, 0.5) is 0 Å². The summed E-state index contributed by atoms with van der Waals surface area (Å²) in [5.41, 5.74) is 11.2. The van der Waals surface area contributed by atoms with E-state index < -0.39 is 0 Å². The number of hydrogen-bond acceptors (Lipinski definition) is 4. The maximum atomic E-state index is 5.06. The second kappa shape index (κ2) is 14.6. The Balaban J connectivity index is 1.28. The van der Waals surface area contributed by atoms with E-state index in [1.54, 1.807) is 0 Å². The van der Waals surface area contributed by atoms with Crippen molar-refractivity contribution in [3.63, 3.8) is 0 Å². The minimum absolute atomic E-state index is 0.600. The fourth-order valence-electron chi connectivity index (χ4n) is 6.36. The van der Waals surface area contributed by atoms with Crippen LogP contribution in [-0.2, 0) is 0 Å². The van der Waals surface area contributed by atoms with Crippen molar-refractivity contribution in [2.75, 3.05) is 0 Å². The van der Waals surface area contributed by atoms with E-state index in [2.05, 4.69) is 110 Å². The number of nitrogens with zero attached hydrogens (tertiary/aromatic N) is 4. The number of rotatable bonds is 7. The molecule has 0 N–H and O–H groups in total. The number of benzene rings is 5. The number of hydrogen-bond donors (Lipinski definition) is 0. The molecular formula is C48H36N4. The third-order valence-electron chi connectivity index (χ3n) is 9.17. The Morgan fingerprint density at radius 3 is 1.79 bits per heavy atom. The van der Waals surface area contributed by atoms with Crippen molar-refractivity contribution in [3.8, 4) is 56.5 Å². The molecule has 0 atom stereocenters. The van der Waals surface area contributed by atoms with Gasteiger partial charge in [-0.3, -0.25) is 4.98 Å². The zero-order valence-corrected chi connectivity index (χ0v) is 28.9. The Morgan fingerprint density at radius 2 is 1.12 bits per heavy atom. The molecule has 2 aromatic heterocycles. The topological polar surface area (TPSA) is 51.6 Å². The first-order chi connectivity index (χ1) is 25.6. The third-order valence-corrected chi connectivity index (χ3v) is 9.17. The van der Waals surface area contributed by atoms with Gasteiger partial charge in [-0.1, -0.05) is 152 Å². The van der Waals surface area contributed by atoms with Crippen molar-refractivity contribution in [1.82, 2.24) is 19.9 Å². The molecular weight excluding hydrogens is 633 g/mol. The molecule has 4 nitrogen and oxygen atoms in total. The predicted molar refractivity (Wildman–Crippen MR) is 216 cm³/mol. The molecule has 0 amide bonds. The van der Waals surface area contributed by atoms with Gasteiger partial charge >= 0.3 is 0 Å². The summed E-state index contributed by atoms with van der Waals surface area (Å²) >= 11 is 0. The van der Waals surface area contributed by atoms with E-state index in [9.17, 15) is 0 Å². The van der Waals surface area contributed by atoms with E-state index in [-0.39, 0.29) is 0 Å². The van der Waals surface area contributed by atoms with Crippen LogP contribution >= 0.6 is 0 Å². The molecule has 0 saturated carbocycles. The Morgan fingerprint density at radius 1 is 0.538 bits per heavy atom. The lowest BCUT2D eigenvalue weighted by Gasteiger charge is -2.13. The lowest BCUT2D eigenvalue weighted by molar-refractivity contribution is 1.07. The molecule has 0 bridgehead atoms. The summed E-state index contributed by atoms with van der Waals surface area (Å²) in [5, 5.41) is 2.24. The molecule has 4 heteroatoms. The van der Waals surface area contributed by atoms with Gasteiger partial charge in [0.2, 0.25) is 0 Å². The Hall–Kier alpha value is -6.78. The van der Waals surface area contributed by atoms with Gasteiger partial charge in [-0.2, -0.15) is 0 Å². The summed E-state index contributed by atoms with van der Waals surface area (Å²) in [6.45, 7) is 6.25. The molecule has 0 fully saturated rings. The Labute approximate surface area is 304 Å². The zero-order chi connectivity index (χ0) is 35.3. The summed E-state index contributed by atoms with van der Waals surface area (Å²) in [6.07, 6.45) is 15.7. The van der Waals surface area contributed by atoms with Gasteiger partial charge < -0.3 is 0 Å². The lowest BCUT2D eigenvalue weighted by atomic mass is 9.94. The van der Waals surface area contributed by atoms with Crippen LogP contribution in [0.1, 0.15) is 18.9 Å². The molecule has 0 unspecified atom stereocenters. The number of allylic oxidation sites excluding steroid dienone is 9. The van der Waals surface area contributed by atoms with Gasteiger partial charge in [0.1, 0.15) is 0 Å². The second-order valence-corrected chi connectivity index (χ2v) is 12.9. The van der Waals surface area contributed by atoms with Gasteiger partial charge in [-0.15, -0.1) is 0 Å². The fraction of sp³-hybridized carbons (Fsp3) is 0.0417. The van der Waals surface area contributed by atoms with E-state index >= 15 is 0 Å². The molecule has 7 aromatic rings. The van der Waals surface area contributed by atoms with Crippen molar-refractivity contribution in [3.05, 3.63) is 199 Å². The van der Waals surface area contributed by atoms with Gasteiger partial charge in [0.05, 0.1) is 5.69 Å². The van der Waals surface area contributed by atoms with Crippen LogP contribution in [0.5, 0.6) is 0 Å². The maximum absolute atomic E-state index is 5.06. The third kappa shape index (κ3) is 7.09. The quantitative estimate of drug-likeness (QED) is 0.170. The van der Waals surface area contributed by atoms with Gasteiger partial charge in [0, 0.05) is 33.8 Å². The highest BCUT2D eigenvalue weighted by Gasteiger charge is 2.16. The van der Waals surface area contributed by atoms with Crippen molar-refractivity contribution < 1.29 is 0 Å². The van der Waals surface area contributed by atoms with Crippen molar-refractivity contribution >= 4 is 16.3 Å². The lowest BCUT2D eigenvalue weighted by Crippen LogP contribution is -2.00. The van der Waals surface area contributed by atoms with Crippen LogP contribution in [-0.4, -0.2) is 19.9 Å². The average Bonchev–Trinajstić information content (AvgIpc) is 3.34. The molecule has 2 heterocycles. The molecule has 0 saturated heterocycles. The van der Waals surface area contributed by atoms with Crippen molar-refractivity contribution in [2.24, 2.45) is 0 Å². The average molecular weight is 669 g/mol. The molecule has 1 aliphatic carbocycles. The number of aromatic nitrogens is 4. The zero-order valence-electron chi connectivity index (χ0n) is 28.9.